The third-order valence-corrected chi connectivity index (χ3v) is 1.75. The van der Waals surface area contributed by atoms with Crippen molar-refractivity contribution in [3.8, 4) is 0 Å². The molecule has 0 unspecified atom stereocenters. The summed E-state index contributed by atoms with van der Waals surface area (Å²) in [4.78, 5) is 10.8. The first-order valence-corrected chi connectivity index (χ1v) is 3.45. The van der Waals surface area contributed by atoms with E-state index in [-0.39, 0.29) is 27.7 Å². The molecule has 2 N–H and O–H groups in total. The molecule has 0 aliphatic heterocycles. The van der Waals surface area contributed by atoms with Crippen molar-refractivity contribution in [1.82, 2.24) is 0 Å². The minimum absolute atomic E-state index is 0.0448. The summed E-state index contributed by atoms with van der Waals surface area (Å²) >= 11 is 11.2. The number of halogens is 2. The molecule has 2 nitrogen and oxygen atoms in total. The number of carbonyl (C=O) groups excluding carboxylic acids is 1. The summed E-state index contributed by atoms with van der Waals surface area (Å²) in [6.07, 6.45) is 0. The van der Waals surface area contributed by atoms with Gasteiger partial charge in [-0.1, -0.05) is 23.2 Å². The highest BCUT2D eigenvalue weighted by Crippen LogP contribution is 2.22. The summed E-state index contributed by atoms with van der Waals surface area (Å²) < 4.78 is 14.6. The Morgan fingerprint density at radius 1 is 1.45 bits per heavy atom. The lowest BCUT2D eigenvalue weighted by molar-refractivity contribution is 0.100. The number of amides is 1. The van der Waals surface area contributed by atoms with Gasteiger partial charge in [0.25, 0.3) is 0 Å². The summed E-state index contributed by atoms with van der Waals surface area (Å²) in [5, 5.41) is 0.00753. The van der Waals surface area contributed by atoms with Crippen molar-refractivity contribution in [1.29, 1.82) is 0 Å². The van der Waals surface area contributed by atoms with Crippen molar-refractivity contribution in [3.63, 3.8) is 0 Å². The van der Waals surface area contributed by atoms with E-state index in [1.54, 1.807) is 0 Å². The average Bonchev–Trinajstić information content (AvgIpc) is 2.07. The number of hydrogen-bond donors (Lipinski definition) is 1. The second-order valence-electron chi connectivity index (χ2n) is 1.83. The molecule has 1 rings (SSSR count). The number of benzene rings is 1. The van der Waals surface area contributed by atoms with E-state index in [0.717, 1.165) is 0 Å². The minimum Gasteiger partial charge on any atom is -0.366 e. The largest absolute Gasteiger partial charge is 0.366 e. The van der Waals surface area contributed by atoms with Crippen molar-refractivity contribution < 1.29 is 7.54 Å². The summed E-state index contributed by atoms with van der Waals surface area (Å²) in [7, 11) is 0. The topological polar surface area (TPSA) is 43.1 Å². The van der Waals surface area contributed by atoms with E-state index in [1.165, 1.54) is 6.07 Å². The molecule has 0 saturated carbocycles. The van der Waals surface area contributed by atoms with Gasteiger partial charge >= 0.3 is 0 Å². The molecule has 1 amide bonds. The standard InChI is InChI=1S/C7H5Cl2NO/c8-5-2-1-4(7(10)11)3-6(5)9/h1-3H,(H2,10,11)/i1D,2D. The summed E-state index contributed by atoms with van der Waals surface area (Å²) in [5.74, 6) is -0.794. The Balaban J connectivity index is 3.50. The second-order valence-corrected chi connectivity index (χ2v) is 2.62. The Morgan fingerprint density at radius 3 is 2.64 bits per heavy atom. The Hall–Kier alpha value is -0.730. The molecule has 0 aliphatic carbocycles. The van der Waals surface area contributed by atoms with Gasteiger partial charge in [0.15, 0.2) is 0 Å². The molecular formula is C7H5Cl2NO. The maximum Gasteiger partial charge on any atom is 0.248 e. The maximum absolute atomic E-state index is 10.8. The molecule has 0 fully saturated rings. The van der Waals surface area contributed by atoms with E-state index in [0.29, 0.717) is 0 Å². The van der Waals surface area contributed by atoms with E-state index < -0.39 is 5.91 Å². The molecule has 11 heavy (non-hydrogen) atoms. The van der Waals surface area contributed by atoms with Crippen LogP contribution < -0.4 is 5.73 Å². The minimum atomic E-state index is -0.794. The normalized spacial score (nSPS) is 12.2. The molecule has 0 heterocycles. The van der Waals surface area contributed by atoms with Gasteiger partial charge in [0.05, 0.1) is 12.8 Å². The Kier molecular flexibility index (Phi) is 1.66. The van der Waals surface area contributed by atoms with Crippen LogP contribution in [-0.2, 0) is 0 Å². The lowest BCUT2D eigenvalue weighted by Crippen LogP contribution is -2.10. The molecule has 4 heteroatoms. The molecule has 58 valence electrons. The van der Waals surface area contributed by atoms with Gasteiger partial charge in [-0.25, -0.2) is 0 Å². The van der Waals surface area contributed by atoms with Crippen molar-refractivity contribution in [2.45, 2.75) is 0 Å². The summed E-state index contributed by atoms with van der Waals surface area (Å²) in [6, 6.07) is 0.594. The Morgan fingerprint density at radius 2 is 2.09 bits per heavy atom. The van der Waals surface area contributed by atoms with Crippen LogP contribution in [0.3, 0.4) is 0 Å². The van der Waals surface area contributed by atoms with Gasteiger partial charge in [0.2, 0.25) is 5.91 Å². The molecule has 0 bridgehead atoms. The zero-order valence-electron chi connectivity index (χ0n) is 7.32. The van der Waals surface area contributed by atoms with Gasteiger partial charge in [0, 0.05) is 5.56 Å². The number of rotatable bonds is 1. The second kappa shape index (κ2) is 3.11. The molecule has 0 aliphatic rings. The van der Waals surface area contributed by atoms with Crippen LogP contribution in [-0.4, -0.2) is 5.91 Å². The summed E-state index contributed by atoms with van der Waals surface area (Å²) in [5.41, 5.74) is 4.86. The van der Waals surface area contributed by atoms with E-state index in [2.05, 4.69) is 0 Å². The number of carbonyl (C=O) groups is 1. The van der Waals surface area contributed by atoms with Crippen LogP contribution in [0.4, 0.5) is 0 Å². The SMILES string of the molecule is [2H]c1c(C(N)=O)cc(Cl)c(Cl)c1[2H]. The number of hydrogen-bond acceptors (Lipinski definition) is 1. The fourth-order valence-corrected chi connectivity index (χ4v) is 0.799. The van der Waals surface area contributed by atoms with Crippen molar-refractivity contribution >= 4 is 29.1 Å². The van der Waals surface area contributed by atoms with Crippen LogP contribution in [0.1, 0.15) is 13.1 Å². The molecule has 0 saturated heterocycles. The van der Waals surface area contributed by atoms with Crippen molar-refractivity contribution in [2.75, 3.05) is 0 Å². The molecule has 0 aromatic heterocycles. The zero-order chi connectivity index (χ0) is 10.2. The first-order valence-electron chi connectivity index (χ1n) is 3.70. The monoisotopic (exact) mass is 191 g/mol. The van der Waals surface area contributed by atoms with E-state index in [4.69, 9.17) is 31.7 Å². The third-order valence-electron chi connectivity index (χ3n) is 1.05. The fourth-order valence-electron chi connectivity index (χ4n) is 0.541. The van der Waals surface area contributed by atoms with Crippen LogP contribution in [0.5, 0.6) is 0 Å². The molecule has 1 aromatic rings. The average molecular weight is 192 g/mol. The zero-order valence-corrected chi connectivity index (χ0v) is 6.83. The van der Waals surface area contributed by atoms with Crippen LogP contribution >= 0.6 is 23.2 Å². The van der Waals surface area contributed by atoms with Gasteiger partial charge in [-0.3, -0.25) is 4.79 Å². The van der Waals surface area contributed by atoms with Crippen LogP contribution in [0, 0.1) is 0 Å². The quantitative estimate of drug-likeness (QED) is 0.727. The number of primary amides is 1. The first-order chi connectivity index (χ1) is 5.95. The third kappa shape index (κ3) is 1.85. The van der Waals surface area contributed by atoms with Crippen molar-refractivity contribution in [2.24, 2.45) is 5.73 Å². The van der Waals surface area contributed by atoms with Gasteiger partial charge in [-0.05, 0) is 18.2 Å². The van der Waals surface area contributed by atoms with E-state index in [1.807, 2.05) is 0 Å². The fraction of sp³-hybridized carbons (Fsp3) is 0. The predicted molar refractivity (Wildman–Crippen MR) is 45.0 cm³/mol. The van der Waals surface area contributed by atoms with Gasteiger partial charge in [0.1, 0.15) is 0 Å². The highest BCUT2D eigenvalue weighted by molar-refractivity contribution is 6.42. The van der Waals surface area contributed by atoms with Crippen molar-refractivity contribution in [3.05, 3.63) is 33.8 Å². The molecule has 1 aromatic carbocycles. The molecule has 0 radical (unpaired) electrons. The highest BCUT2D eigenvalue weighted by Gasteiger charge is 2.02. The molecule has 0 atom stereocenters. The smallest absolute Gasteiger partial charge is 0.248 e. The van der Waals surface area contributed by atoms with Gasteiger partial charge in [-0.2, -0.15) is 0 Å². The number of nitrogens with two attached hydrogens (primary N) is 1. The highest BCUT2D eigenvalue weighted by atomic mass is 35.5. The summed E-state index contributed by atoms with van der Waals surface area (Å²) in [6.45, 7) is 0. The van der Waals surface area contributed by atoms with E-state index >= 15 is 0 Å². The lowest BCUT2D eigenvalue weighted by atomic mass is 10.2. The first kappa shape index (κ1) is 5.86. The Labute approximate surface area is 76.7 Å². The van der Waals surface area contributed by atoms with Gasteiger partial charge in [-0.15, -0.1) is 0 Å². The van der Waals surface area contributed by atoms with Crippen LogP contribution in [0.25, 0.3) is 0 Å². The predicted octanol–water partition coefficient (Wildman–Crippen LogP) is 2.09. The maximum atomic E-state index is 10.8. The van der Waals surface area contributed by atoms with Crippen LogP contribution in [0.2, 0.25) is 10.0 Å². The van der Waals surface area contributed by atoms with Crippen LogP contribution in [0.15, 0.2) is 18.2 Å². The Bertz CT molecular complexity index is 381. The molecular weight excluding hydrogens is 185 g/mol. The molecule has 0 spiro atoms. The van der Waals surface area contributed by atoms with Gasteiger partial charge < -0.3 is 5.73 Å². The van der Waals surface area contributed by atoms with E-state index in [9.17, 15) is 4.79 Å². The lowest BCUT2D eigenvalue weighted by Gasteiger charge is -1.97.